The quantitative estimate of drug-likeness (QED) is 0.143. The zero-order valence-electron chi connectivity index (χ0n) is 16.4. The molecule has 6 atom stereocenters. The van der Waals surface area contributed by atoms with Gasteiger partial charge in [-0.3, -0.25) is 9.80 Å². The predicted molar refractivity (Wildman–Crippen MR) is 102 cm³/mol. The highest BCUT2D eigenvalue weighted by molar-refractivity contribution is 4.92. The van der Waals surface area contributed by atoms with Gasteiger partial charge in [0.15, 0.2) is 0 Å². The predicted octanol–water partition coefficient (Wildman–Crippen LogP) is -3.69. The monoisotopic (exact) mass is 410 g/mol. The summed E-state index contributed by atoms with van der Waals surface area (Å²) in [5, 5.41) is 76.7. The number of hydrogen-bond donors (Lipinski definition) is 8. The van der Waals surface area contributed by atoms with Crippen molar-refractivity contribution in [3.63, 3.8) is 0 Å². The molecule has 8 N–H and O–H groups in total. The van der Waals surface area contributed by atoms with E-state index in [1.54, 1.807) is 0 Å². The van der Waals surface area contributed by atoms with Gasteiger partial charge in [0.05, 0.1) is 50.8 Å². The third-order valence-corrected chi connectivity index (χ3v) is 5.26. The lowest BCUT2D eigenvalue weighted by Crippen LogP contribution is -2.59. The van der Waals surface area contributed by atoms with Gasteiger partial charge in [0.1, 0.15) is 0 Å². The van der Waals surface area contributed by atoms with E-state index >= 15 is 0 Å². The van der Waals surface area contributed by atoms with Gasteiger partial charge in [-0.1, -0.05) is 12.8 Å². The normalized spacial score (nSPS) is 25.1. The van der Waals surface area contributed by atoms with Crippen LogP contribution in [0.25, 0.3) is 0 Å². The van der Waals surface area contributed by atoms with Crippen LogP contribution in [0.15, 0.2) is 0 Å². The summed E-state index contributed by atoms with van der Waals surface area (Å²) in [5.74, 6) is 0. The molecule has 10 heteroatoms. The third kappa shape index (κ3) is 8.54. The first-order valence-corrected chi connectivity index (χ1v) is 9.99. The molecule has 1 aliphatic carbocycles. The van der Waals surface area contributed by atoms with E-state index < -0.39 is 50.8 Å². The van der Waals surface area contributed by atoms with Crippen LogP contribution in [0.5, 0.6) is 0 Å². The van der Waals surface area contributed by atoms with Gasteiger partial charge in [-0.25, -0.2) is 0 Å². The van der Waals surface area contributed by atoms with E-state index in [0.717, 1.165) is 25.7 Å². The molecule has 0 aromatic rings. The summed E-state index contributed by atoms with van der Waals surface area (Å²) in [6, 6.07) is -0.319. The molecule has 1 saturated carbocycles. The molecule has 0 saturated heterocycles. The Kier molecular flexibility index (Phi) is 12.6. The molecule has 0 radical (unpaired) electrons. The highest BCUT2D eigenvalue weighted by Gasteiger charge is 2.36. The average Bonchev–Trinajstić information content (AvgIpc) is 2.72. The van der Waals surface area contributed by atoms with Crippen molar-refractivity contribution >= 4 is 0 Å². The summed E-state index contributed by atoms with van der Waals surface area (Å²) in [6.45, 7) is -1.31. The maximum Gasteiger partial charge on any atom is 0.0897 e. The maximum atomic E-state index is 9.94. The minimum atomic E-state index is -1.01. The molecule has 1 rings (SSSR count). The summed E-state index contributed by atoms with van der Waals surface area (Å²) >= 11 is 0. The number of aliphatic hydroxyl groups is 8. The molecule has 0 spiro atoms. The number of nitrogens with zero attached hydrogens (tertiary/aromatic N) is 2. The lowest BCUT2D eigenvalue weighted by molar-refractivity contribution is -0.0480. The topological polar surface area (TPSA) is 168 Å². The Bertz CT molecular complexity index is 346. The second-order valence-corrected chi connectivity index (χ2v) is 7.67. The van der Waals surface area contributed by atoms with Gasteiger partial charge in [0.25, 0.3) is 0 Å². The van der Waals surface area contributed by atoms with Gasteiger partial charge in [-0.15, -0.1) is 0 Å². The van der Waals surface area contributed by atoms with Crippen LogP contribution < -0.4 is 0 Å². The Morgan fingerprint density at radius 3 is 1.00 bits per heavy atom. The highest BCUT2D eigenvalue weighted by atomic mass is 16.3. The first-order chi connectivity index (χ1) is 13.4. The molecule has 0 aromatic heterocycles. The lowest BCUT2D eigenvalue weighted by atomic mass is 9.87. The Hall–Kier alpha value is -0.400. The van der Waals surface area contributed by atoms with Gasteiger partial charge in [-0.05, 0) is 12.8 Å². The average molecular weight is 411 g/mol. The van der Waals surface area contributed by atoms with Gasteiger partial charge in [0, 0.05) is 38.3 Å². The van der Waals surface area contributed by atoms with Gasteiger partial charge < -0.3 is 40.9 Å². The van der Waals surface area contributed by atoms with Crippen molar-refractivity contribution in [2.24, 2.45) is 0 Å². The maximum absolute atomic E-state index is 9.94. The van der Waals surface area contributed by atoms with Crippen LogP contribution >= 0.6 is 0 Å². The second-order valence-electron chi connectivity index (χ2n) is 7.67. The number of aliphatic hydroxyl groups excluding tert-OH is 8. The minimum Gasteiger partial charge on any atom is -0.394 e. The molecular formula is C18H38N2O8. The van der Waals surface area contributed by atoms with Crippen molar-refractivity contribution in [2.75, 3.05) is 52.6 Å². The summed E-state index contributed by atoms with van der Waals surface area (Å²) in [4.78, 5) is 3.66. The van der Waals surface area contributed by atoms with Crippen molar-refractivity contribution in [1.82, 2.24) is 9.80 Å². The molecule has 0 aliphatic heterocycles. The largest absolute Gasteiger partial charge is 0.394 e. The molecule has 1 aliphatic rings. The fourth-order valence-corrected chi connectivity index (χ4v) is 3.95. The van der Waals surface area contributed by atoms with Crippen LogP contribution in [0.1, 0.15) is 25.7 Å². The molecule has 1 fully saturated rings. The van der Waals surface area contributed by atoms with E-state index in [-0.39, 0.29) is 38.3 Å². The summed E-state index contributed by atoms with van der Waals surface area (Å²) in [7, 11) is 0. The highest BCUT2D eigenvalue weighted by Crippen LogP contribution is 2.28. The van der Waals surface area contributed by atoms with Crippen molar-refractivity contribution in [3.05, 3.63) is 0 Å². The molecule has 4 unspecified atom stereocenters. The Morgan fingerprint density at radius 2 is 0.786 bits per heavy atom. The van der Waals surface area contributed by atoms with Crippen LogP contribution in [0, 0.1) is 0 Å². The van der Waals surface area contributed by atoms with Crippen molar-refractivity contribution in [1.29, 1.82) is 0 Å². The van der Waals surface area contributed by atoms with Gasteiger partial charge in [0.2, 0.25) is 0 Å². The van der Waals surface area contributed by atoms with E-state index in [0.29, 0.717) is 0 Å². The molecule has 0 heterocycles. The second kappa shape index (κ2) is 13.8. The van der Waals surface area contributed by atoms with Crippen LogP contribution in [0.3, 0.4) is 0 Å². The fourth-order valence-electron chi connectivity index (χ4n) is 3.95. The van der Waals surface area contributed by atoms with Gasteiger partial charge >= 0.3 is 0 Å². The van der Waals surface area contributed by atoms with Crippen LogP contribution in [-0.4, -0.2) is 140 Å². The molecular weight excluding hydrogens is 372 g/mol. The first kappa shape index (κ1) is 25.6. The SMILES string of the molecule is OCC(O)CN(CC(O)CO)[C@@H]1CCCC[C@H]1N(CC(O)CO)CC(O)CO. The fraction of sp³-hybridized carbons (Fsp3) is 1.00. The van der Waals surface area contributed by atoms with Gasteiger partial charge in [-0.2, -0.15) is 0 Å². The van der Waals surface area contributed by atoms with Crippen molar-refractivity contribution in [3.8, 4) is 0 Å². The third-order valence-electron chi connectivity index (χ3n) is 5.26. The number of hydrogen-bond acceptors (Lipinski definition) is 10. The minimum absolute atomic E-state index is 0.105. The molecule has 28 heavy (non-hydrogen) atoms. The molecule has 0 amide bonds. The zero-order valence-corrected chi connectivity index (χ0v) is 16.4. The molecule has 0 aromatic carbocycles. The van der Waals surface area contributed by atoms with E-state index in [1.165, 1.54) is 0 Å². The smallest absolute Gasteiger partial charge is 0.0897 e. The summed E-state index contributed by atoms with van der Waals surface area (Å²) in [5.41, 5.74) is 0. The first-order valence-electron chi connectivity index (χ1n) is 9.99. The van der Waals surface area contributed by atoms with Crippen LogP contribution in [0.4, 0.5) is 0 Å². The van der Waals surface area contributed by atoms with Crippen molar-refractivity contribution < 1.29 is 40.9 Å². The molecule has 10 nitrogen and oxygen atoms in total. The van der Waals surface area contributed by atoms with Crippen molar-refractivity contribution in [2.45, 2.75) is 62.2 Å². The molecule has 168 valence electrons. The number of rotatable bonds is 14. The zero-order chi connectivity index (χ0) is 21.1. The van der Waals surface area contributed by atoms with E-state index in [2.05, 4.69) is 0 Å². The van der Waals surface area contributed by atoms with E-state index in [4.69, 9.17) is 0 Å². The summed E-state index contributed by atoms with van der Waals surface area (Å²) in [6.07, 6.45) is -0.715. The summed E-state index contributed by atoms with van der Waals surface area (Å²) < 4.78 is 0. The van der Waals surface area contributed by atoms with E-state index in [9.17, 15) is 40.9 Å². The Balaban J connectivity index is 3.05. The standard InChI is InChI=1S/C18H38N2O8/c21-9-13(25)5-19(6-14(26)10-22)17-3-1-2-4-18(17)20(7-15(27)11-23)8-16(28)12-24/h13-18,21-28H,1-12H2/t13?,14?,15?,16?,17-,18-/m1/s1. The molecule has 0 bridgehead atoms. The van der Waals surface area contributed by atoms with Crippen LogP contribution in [-0.2, 0) is 0 Å². The Labute approximate surface area is 166 Å². The van der Waals surface area contributed by atoms with E-state index in [1.807, 2.05) is 9.80 Å². The van der Waals surface area contributed by atoms with Crippen LogP contribution in [0.2, 0.25) is 0 Å². The Morgan fingerprint density at radius 1 is 0.536 bits per heavy atom. The lowest BCUT2D eigenvalue weighted by Gasteiger charge is -2.46.